The number of aldehydes is 1. The highest BCUT2D eigenvalue weighted by Crippen LogP contribution is 2.55. The molecule has 0 unspecified atom stereocenters. The van der Waals surface area contributed by atoms with Gasteiger partial charge in [-0.3, -0.25) is 9.59 Å². The molecule has 1 heterocycles. The number of benzene rings is 1. The molecule has 0 aromatic heterocycles. The molecule has 128 valence electrons. The van der Waals surface area contributed by atoms with Crippen LogP contribution in [0.5, 0.6) is 0 Å². The third-order valence-corrected chi connectivity index (χ3v) is 5.79. The van der Waals surface area contributed by atoms with Gasteiger partial charge in [-0.1, -0.05) is 37.3 Å². The van der Waals surface area contributed by atoms with Gasteiger partial charge in [-0.2, -0.15) is 0 Å². The zero-order valence-electron chi connectivity index (χ0n) is 14.1. The van der Waals surface area contributed by atoms with Crippen molar-refractivity contribution >= 4 is 18.0 Å². The highest BCUT2D eigenvalue weighted by Gasteiger charge is 2.62. The van der Waals surface area contributed by atoms with E-state index in [0.717, 1.165) is 18.3 Å². The molecule has 1 aromatic carbocycles. The minimum absolute atomic E-state index is 0.0261. The Balaban J connectivity index is 2.13. The Morgan fingerprint density at radius 2 is 2.00 bits per heavy atom. The van der Waals surface area contributed by atoms with Gasteiger partial charge in [0.1, 0.15) is 12.1 Å². The third kappa shape index (κ3) is 2.38. The first-order chi connectivity index (χ1) is 11.6. The number of carbonyl (C=O) groups is 3. The predicted octanol–water partition coefficient (Wildman–Crippen LogP) is 1.95. The Kier molecular flexibility index (Phi) is 4.54. The number of likely N-dealkylation sites (tertiary alicyclic amines) is 1. The van der Waals surface area contributed by atoms with Crippen molar-refractivity contribution in [3.63, 3.8) is 0 Å². The van der Waals surface area contributed by atoms with Gasteiger partial charge in [0, 0.05) is 18.9 Å². The van der Waals surface area contributed by atoms with Crippen molar-refractivity contribution in [3.05, 3.63) is 35.9 Å². The van der Waals surface area contributed by atoms with Gasteiger partial charge in [0.25, 0.3) is 0 Å². The average molecular weight is 329 g/mol. The second kappa shape index (κ2) is 6.48. The summed E-state index contributed by atoms with van der Waals surface area (Å²) >= 11 is 0. The molecular weight excluding hydrogens is 306 g/mol. The number of ketones is 1. The lowest BCUT2D eigenvalue weighted by atomic mass is 9.68. The lowest BCUT2D eigenvalue weighted by Crippen LogP contribution is -2.60. The molecule has 1 aliphatic carbocycles. The second-order valence-corrected chi connectivity index (χ2v) is 6.70. The van der Waals surface area contributed by atoms with Gasteiger partial charge in [0.05, 0.1) is 31.0 Å². The predicted molar refractivity (Wildman–Crippen MR) is 88.5 cm³/mol. The minimum Gasteiger partial charge on any atom is -0.380 e. The Morgan fingerprint density at radius 3 is 2.58 bits per heavy atom. The first kappa shape index (κ1) is 16.8. The number of piperidine rings is 1. The second-order valence-electron chi connectivity index (χ2n) is 6.70. The van der Waals surface area contributed by atoms with E-state index < -0.39 is 11.3 Å². The van der Waals surface area contributed by atoms with Crippen molar-refractivity contribution in [2.24, 2.45) is 5.41 Å². The van der Waals surface area contributed by atoms with E-state index in [-0.39, 0.29) is 36.8 Å². The van der Waals surface area contributed by atoms with Crippen LogP contribution in [0.4, 0.5) is 0 Å². The number of methoxy groups -OCH3 is 1. The van der Waals surface area contributed by atoms with Crippen molar-refractivity contribution in [2.75, 3.05) is 13.7 Å². The zero-order valence-corrected chi connectivity index (χ0v) is 14.1. The Bertz CT molecular complexity index is 644. The maximum absolute atomic E-state index is 12.9. The van der Waals surface area contributed by atoms with Crippen LogP contribution in [0.1, 0.15) is 37.7 Å². The Labute approximate surface area is 142 Å². The summed E-state index contributed by atoms with van der Waals surface area (Å²) in [6, 6.07) is 9.23. The van der Waals surface area contributed by atoms with Gasteiger partial charge >= 0.3 is 0 Å². The maximum Gasteiger partial charge on any atom is 0.225 e. The molecule has 24 heavy (non-hydrogen) atoms. The first-order valence-corrected chi connectivity index (χ1v) is 8.42. The Hall–Kier alpha value is -2.01. The van der Waals surface area contributed by atoms with Crippen molar-refractivity contribution < 1.29 is 19.1 Å². The van der Waals surface area contributed by atoms with Gasteiger partial charge in [-0.25, -0.2) is 0 Å². The van der Waals surface area contributed by atoms with Gasteiger partial charge in [0.2, 0.25) is 5.91 Å². The average Bonchev–Trinajstić information content (AvgIpc) is 2.91. The molecule has 4 atom stereocenters. The molecular formula is C19H23NO4. The number of nitrogens with zero attached hydrogens (tertiary/aromatic N) is 1. The van der Waals surface area contributed by atoms with Crippen LogP contribution in [0.15, 0.2) is 30.3 Å². The fourth-order valence-electron chi connectivity index (χ4n) is 4.68. The van der Waals surface area contributed by atoms with Gasteiger partial charge in [0.15, 0.2) is 0 Å². The highest BCUT2D eigenvalue weighted by atomic mass is 16.5. The van der Waals surface area contributed by atoms with E-state index in [2.05, 4.69) is 0 Å². The summed E-state index contributed by atoms with van der Waals surface area (Å²) in [6.45, 7) is 2.06. The molecule has 5 nitrogen and oxygen atoms in total. The summed E-state index contributed by atoms with van der Waals surface area (Å²) in [4.78, 5) is 38.3. The van der Waals surface area contributed by atoms with E-state index in [0.29, 0.717) is 6.42 Å². The first-order valence-electron chi connectivity index (χ1n) is 8.42. The number of ether oxygens (including phenoxy) is 1. The zero-order chi connectivity index (χ0) is 17.3. The third-order valence-electron chi connectivity index (χ3n) is 5.79. The van der Waals surface area contributed by atoms with Crippen LogP contribution in [-0.4, -0.2) is 48.7 Å². The number of amides is 1. The molecule has 0 spiro atoms. The summed E-state index contributed by atoms with van der Waals surface area (Å²) in [5.74, 6) is -0.382. The molecule has 1 amide bonds. The van der Waals surface area contributed by atoms with E-state index in [1.165, 1.54) is 0 Å². The number of carbonyl (C=O) groups excluding carboxylic acids is 3. The highest BCUT2D eigenvalue weighted by molar-refractivity contribution is 5.93. The number of hydrogen-bond acceptors (Lipinski definition) is 4. The van der Waals surface area contributed by atoms with E-state index in [9.17, 15) is 14.4 Å². The normalized spacial score (nSPS) is 32.8. The molecule has 1 saturated carbocycles. The van der Waals surface area contributed by atoms with Crippen LogP contribution in [0.2, 0.25) is 0 Å². The smallest absolute Gasteiger partial charge is 0.225 e. The number of rotatable bonds is 5. The van der Waals surface area contributed by atoms with Crippen LogP contribution in [-0.2, 0) is 19.1 Å². The molecule has 2 aliphatic rings. The summed E-state index contributed by atoms with van der Waals surface area (Å²) < 4.78 is 5.64. The van der Waals surface area contributed by atoms with Gasteiger partial charge < -0.3 is 14.4 Å². The fourth-order valence-corrected chi connectivity index (χ4v) is 4.68. The topological polar surface area (TPSA) is 63.7 Å². The van der Waals surface area contributed by atoms with E-state index in [4.69, 9.17) is 4.74 Å². The van der Waals surface area contributed by atoms with Crippen molar-refractivity contribution in [3.8, 4) is 0 Å². The molecule has 1 saturated heterocycles. The van der Waals surface area contributed by atoms with Crippen LogP contribution in [0, 0.1) is 5.41 Å². The SMILES string of the molecule is CC[C@]12CC(=O)[C@H](c3ccccc3)[C@H]1N(CC=O)C(=O)C[C@@H]2OC. The molecule has 3 rings (SSSR count). The Morgan fingerprint density at radius 1 is 1.29 bits per heavy atom. The number of Topliss-reactive ketones (excluding diaryl/α,β-unsaturated/α-hetero) is 1. The van der Waals surface area contributed by atoms with Crippen LogP contribution >= 0.6 is 0 Å². The van der Waals surface area contributed by atoms with Crippen molar-refractivity contribution in [2.45, 2.75) is 44.2 Å². The summed E-state index contributed by atoms with van der Waals surface area (Å²) in [5.41, 5.74) is 0.478. The molecule has 2 fully saturated rings. The number of hydrogen-bond donors (Lipinski definition) is 0. The van der Waals surface area contributed by atoms with E-state index >= 15 is 0 Å². The van der Waals surface area contributed by atoms with E-state index in [1.807, 2.05) is 37.3 Å². The summed E-state index contributed by atoms with van der Waals surface area (Å²) in [6.07, 6.45) is 1.79. The summed E-state index contributed by atoms with van der Waals surface area (Å²) in [5, 5.41) is 0. The summed E-state index contributed by atoms with van der Waals surface area (Å²) in [7, 11) is 1.60. The monoisotopic (exact) mass is 329 g/mol. The van der Waals surface area contributed by atoms with Crippen LogP contribution < -0.4 is 0 Å². The lowest BCUT2D eigenvalue weighted by Gasteiger charge is -2.50. The maximum atomic E-state index is 12.9. The molecule has 0 radical (unpaired) electrons. The standard InChI is InChI=1S/C19H23NO4/c1-3-19-12-14(22)17(13-7-5-4-6-8-13)18(19)20(9-10-21)16(23)11-15(19)24-2/h4-8,10,15,17-18H,3,9,11-12H2,1-2H3/t15-,17-,18+,19+/m0/s1. The van der Waals surface area contributed by atoms with Crippen LogP contribution in [0.25, 0.3) is 0 Å². The molecule has 0 N–H and O–H groups in total. The molecule has 1 aliphatic heterocycles. The van der Waals surface area contributed by atoms with Crippen molar-refractivity contribution in [1.29, 1.82) is 0 Å². The quantitative estimate of drug-likeness (QED) is 0.775. The van der Waals surface area contributed by atoms with Gasteiger partial charge in [-0.05, 0) is 12.0 Å². The van der Waals surface area contributed by atoms with Crippen LogP contribution in [0.3, 0.4) is 0 Å². The lowest BCUT2D eigenvalue weighted by molar-refractivity contribution is -0.159. The molecule has 1 aromatic rings. The number of fused-ring (bicyclic) bond motifs is 1. The van der Waals surface area contributed by atoms with E-state index in [1.54, 1.807) is 12.0 Å². The fraction of sp³-hybridized carbons (Fsp3) is 0.526. The molecule has 0 bridgehead atoms. The minimum atomic E-state index is -0.427. The van der Waals surface area contributed by atoms with Gasteiger partial charge in [-0.15, -0.1) is 0 Å². The molecule has 5 heteroatoms. The largest absolute Gasteiger partial charge is 0.380 e. The van der Waals surface area contributed by atoms with Crippen molar-refractivity contribution in [1.82, 2.24) is 4.90 Å².